The second-order valence-electron chi connectivity index (χ2n) is 13.7. The fourth-order valence-corrected chi connectivity index (χ4v) is 6.90. The van der Waals surface area contributed by atoms with E-state index in [0.29, 0.717) is 37.1 Å². The molecule has 3 aromatic rings. The molecule has 2 unspecified atom stereocenters. The molecule has 0 radical (unpaired) electrons. The summed E-state index contributed by atoms with van der Waals surface area (Å²) in [5.74, 6) is 0.305. The van der Waals surface area contributed by atoms with Gasteiger partial charge in [-0.15, -0.1) is 0 Å². The minimum absolute atomic E-state index is 0.203. The maximum absolute atomic E-state index is 13.3. The van der Waals surface area contributed by atoms with Gasteiger partial charge in [0.05, 0.1) is 36.0 Å². The van der Waals surface area contributed by atoms with Gasteiger partial charge < -0.3 is 24.3 Å². The number of imidazole rings is 1. The van der Waals surface area contributed by atoms with Gasteiger partial charge in [0.1, 0.15) is 11.2 Å². The van der Waals surface area contributed by atoms with Crippen LogP contribution in [-0.2, 0) is 16.5 Å². The molecule has 0 spiro atoms. The monoisotopic (exact) mass is 644 g/mol. The van der Waals surface area contributed by atoms with E-state index in [1.165, 1.54) is 0 Å². The van der Waals surface area contributed by atoms with E-state index in [1.807, 2.05) is 47.8 Å². The van der Waals surface area contributed by atoms with Gasteiger partial charge in [-0.05, 0) is 85.1 Å². The minimum atomic E-state index is -0.575. The Labute approximate surface area is 274 Å². The van der Waals surface area contributed by atoms with Gasteiger partial charge >= 0.3 is 12.2 Å². The normalized spacial score (nSPS) is 21.7. The Morgan fingerprint density at radius 1 is 1.07 bits per heavy atom. The molecule has 3 aliphatic carbocycles. The van der Waals surface area contributed by atoms with Crippen LogP contribution in [0.3, 0.4) is 0 Å². The SMILES string of the molecule is CC(C)C1(OC(=O)N2CCN(C3c4ccc(Cl)cc4C(C(NC(=O)OC4(C)CC4)c4cncn4C)=Cc4cccnc43)CC2)CC1. The number of nitrogens with zero attached hydrogens (tertiary/aromatic N) is 5. The Morgan fingerprint density at radius 2 is 1.83 bits per heavy atom. The quantitative estimate of drug-likeness (QED) is 0.319. The number of carbonyl (C=O) groups is 2. The number of fused-ring (bicyclic) bond motifs is 2. The number of carbonyl (C=O) groups excluding carboxylic acids is 2. The van der Waals surface area contributed by atoms with Crippen molar-refractivity contribution in [3.05, 3.63) is 82.2 Å². The average molecular weight is 645 g/mol. The lowest BCUT2D eigenvalue weighted by Gasteiger charge is -2.40. The molecule has 3 fully saturated rings. The van der Waals surface area contributed by atoms with Gasteiger partial charge in [-0.25, -0.2) is 14.6 Å². The van der Waals surface area contributed by atoms with Crippen molar-refractivity contribution in [2.24, 2.45) is 13.0 Å². The number of rotatable bonds is 7. The number of benzene rings is 1. The molecule has 2 aromatic heterocycles. The minimum Gasteiger partial charge on any atom is -0.443 e. The molecule has 7 rings (SSSR count). The number of pyridine rings is 1. The standard InChI is InChI=1S/C35H41ClN6O4/c1-22(2)35(11-12-35)46-33(44)42-16-14-41(15-17-42)31-25-8-7-24(36)19-26(25)27(18-23-6-5-13-38-29(23)31)30(28-20-37-21-40(28)4)39-32(43)45-34(3)9-10-34/h5-8,13,18-22,30-31H,9-12,14-17H2,1-4H3,(H,39,43). The fraction of sp³-hybridized carbons (Fsp3) is 0.486. The number of piperazine rings is 1. The van der Waals surface area contributed by atoms with Crippen molar-refractivity contribution >= 4 is 35.4 Å². The predicted octanol–water partition coefficient (Wildman–Crippen LogP) is 6.37. The van der Waals surface area contributed by atoms with Crippen molar-refractivity contribution in [3.8, 4) is 0 Å². The number of aromatic nitrogens is 3. The smallest absolute Gasteiger partial charge is 0.410 e. The van der Waals surface area contributed by atoms with Crippen LogP contribution in [0.5, 0.6) is 0 Å². The zero-order chi connectivity index (χ0) is 32.2. The number of aryl methyl sites for hydroxylation is 1. The lowest BCUT2D eigenvalue weighted by atomic mass is 9.90. The lowest BCUT2D eigenvalue weighted by Crippen LogP contribution is -2.51. The molecule has 2 amide bonds. The summed E-state index contributed by atoms with van der Waals surface area (Å²) in [4.78, 5) is 40.0. The van der Waals surface area contributed by atoms with Crippen LogP contribution in [0.1, 0.15) is 86.6 Å². The second kappa shape index (κ2) is 11.7. The molecular formula is C35H41ClN6O4. The van der Waals surface area contributed by atoms with Gasteiger partial charge in [0.15, 0.2) is 0 Å². The second-order valence-corrected chi connectivity index (χ2v) is 14.1. The third-order valence-corrected chi connectivity index (χ3v) is 10.3. The van der Waals surface area contributed by atoms with Crippen LogP contribution in [0.15, 0.2) is 49.1 Å². The maximum atomic E-state index is 13.3. The molecule has 0 bridgehead atoms. The molecule has 10 nitrogen and oxygen atoms in total. The number of ether oxygens (including phenoxy) is 2. The Kier molecular flexibility index (Phi) is 7.84. The highest BCUT2D eigenvalue weighted by atomic mass is 35.5. The number of halogens is 1. The van der Waals surface area contributed by atoms with E-state index in [2.05, 4.69) is 47.3 Å². The third kappa shape index (κ3) is 5.88. The highest BCUT2D eigenvalue weighted by molar-refractivity contribution is 6.30. The summed E-state index contributed by atoms with van der Waals surface area (Å²) >= 11 is 6.69. The molecule has 242 valence electrons. The van der Waals surface area contributed by atoms with Crippen LogP contribution >= 0.6 is 11.6 Å². The van der Waals surface area contributed by atoms with Gasteiger partial charge in [-0.2, -0.15) is 0 Å². The predicted molar refractivity (Wildman–Crippen MR) is 175 cm³/mol. The summed E-state index contributed by atoms with van der Waals surface area (Å²) in [7, 11) is 1.91. The van der Waals surface area contributed by atoms with Gasteiger partial charge in [-0.1, -0.05) is 37.6 Å². The number of hydrogen-bond acceptors (Lipinski definition) is 7. The Morgan fingerprint density at radius 3 is 2.48 bits per heavy atom. The van der Waals surface area contributed by atoms with E-state index < -0.39 is 17.7 Å². The number of alkyl carbamates (subject to hydrolysis) is 1. The third-order valence-electron chi connectivity index (χ3n) is 10.1. The van der Waals surface area contributed by atoms with E-state index >= 15 is 0 Å². The van der Waals surface area contributed by atoms with Crippen molar-refractivity contribution in [3.63, 3.8) is 0 Å². The van der Waals surface area contributed by atoms with E-state index in [4.69, 9.17) is 26.1 Å². The lowest BCUT2D eigenvalue weighted by molar-refractivity contribution is 0.0133. The van der Waals surface area contributed by atoms with Gasteiger partial charge in [0.25, 0.3) is 0 Å². The van der Waals surface area contributed by atoms with Crippen LogP contribution in [0.2, 0.25) is 5.02 Å². The van der Waals surface area contributed by atoms with Crippen LogP contribution in [0, 0.1) is 5.92 Å². The van der Waals surface area contributed by atoms with Crippen LogP contribution in [-0.4, -0.2) is 73.9 Å². The van der Waals surface area contributed by atoms with Crippen LogP contribution < -0.4 is 5.32 Å². The summed E-state index contributed by atoms with van der Waals surface area (Å²) in [6, 6.07) is 9.14. The van der Waals surface area contributed by atoms with Crippen molar-refractivity contribution in [1.82, 2.24) is 29.7 Å². The first kappa shape index (κ1) is 30.7. The molecule has 1 aliphatic heterocycles. The van der Waals surface area contributed by atoms with Gasteiger partial charge in [0, 0.05) is 44.4 Å². The summed E-state index contributed by atoms with van der Waals surface area (Å²) in [6.07, 6.45) is 10.3. The van der Waals surface area contributed by atoms with Crippen molar-refractivity contribution in [2.45, 2.75) is 69.7 Å². The highest BCUT2D eigenvalue weighted by Gasteiger charge is 2.50. The number of hydrogen-bond donors (Lipinski definition) is 1. The highest BCUT2D eigenvalue weighted by Crippen LogP contribution is 2.47. The Hall–Kier alpha value is -3.89. The van der Waals surface area contributed by atoms with E-state index in [0.717, 1.165) is 59.3 Å². The van der Waals surface area contributed by atoms with E-state index in [9.17, 15) is 9.59 Å². The van der Waals surface area contributed by atoms with Gasteiger partial charge in [0.2, 0.25) is 0 Å². The van der Waals surface area contributed by atoms with Crippen molar-refractivity contribution in [2.75, 3.05) is 26.2 Å². The molecule has 2 atom stereocenters. The van der Waals surface area contributed by atoms with Gasteiger partial charge in [-0.3, -0.25) is 9.88 Å². The Balaban J connectivity index is 1.23. The summed E-state index contributed by atoms with van der Waals surface area (Å²) in [6.45, 7) is 8.59. The summed E-state index contributed by atoms with van der Waals surface area (Å²) < 4.78 is 13.7. The molecular weight excluding hydrogens is 604 g/mol. The summed E-state index contributed by atoms with van der Waals surface area (Å²) in [5.41, 5.74) is 4.73. The largest absolute Gasteiger partial charge is 0.443 e. The zero-order valence-electron chi connectivity index (χ0n) is 26.8. The molecule has 3 heterocycles. The Bertz CT molecular complexity index is 1690. The first-order valence-electron chi connectivity index (χ1n) is 16.2. The maximum Gasteiger partial charge on any atom is 0.410 e. The summed E-state index contributed by atoms with van der Waals surface area (Å²) in [5, 5.41) is 3.75. The first-order chi connectivity index (χ1) is 22.1. The average Bonchev–Trinajstić information content (AvgIpc) is 3.94. The molecule has 11 heteroatoms. The van der Waals surface area contributed by atoms with Crippen molar-refractivity contribution < 1.29 is 19.1 Å². The molecule has 1 saturated heterocycles. The van der Waals surface area contributed by atoms with E-state index in [1.54, 1.807) is 12.5 Å². The molecule has 2 saturated carbocycles. The first-order valence-corrected chi connectivity index (χ1v) is 16.6. The van der Waals surface area contributed by atoms with Crippen LogP contribution in [0.4, 0.5) is 9.59 Å². The van der Waals surface area contributed by atoms with Crippen molar-refractivity contribution in [1.29, 1.82) is 0 Å². The fourth-order valence-electron chi connectivity index (χ4n) is 6.73. The number of nitrogens with one attached hydrogen (secondary N) is 1. The molecule has 1 aromatic carbocycles. The topological polar surface area (TPSA) is 102 Å². The molecule has 4 aliphatic rings. The van der Waals surface area contributed by atoms with Crippen LogP contribution in [0.25, 0.3) is 11.6 Å². The van der Waals surface area contributed by atoms with E-state index in [-0.39, 0.29) is 17.7 Å². The molecule has 46 heavy (non-hydrogen) atoms. The molecule has 1 N–H and O–H groups in total. The zero-order valence-corrected chi connectivity index (χ0v) is 27.6. The number of amides is 2.